The molecular formula is C10H10F3. The van der Waals surface area contributed by atoms with Gasteiger partial charge < -0.3 is 0 Å². The highest BCUT2D eigenvalue weighted by atomic mass is 19.1. The number of halogens is 3. The number of unbranched alkanes of at least 4 members (excludes halogenated alkanes) is 1. The van der Waals surface area contributed by atoms with Crippen molar-refractivity contribution in [2.24, 2.45) is 0 Å². The second-order valence-electron chi connectivity index (χ2n) is 2.81. The van der Waals surface area contributed by atoms with Crippen LogP contribution in [-0.2, 0) is 6.42 Å². The second kappa shape index (κ2) is 4.30. The lowest BCUT2D eigenvalue weighted by molar-refractivity contribution is 0.520. The fourth-order valence-electron chi connectivity index (χ4n) is 1.11. The summed E-state index contributed by atoms with van der Waals surface area (Å²) in [6.45, 7) is 3.56. The molecule has 0 aliphatic carbocycles. The van der Waals surface area contributed by atoms with E-state index in [1.807, 2.05) is 0 Å². The Morgan fingerprint density at radius 1 is 1.08 bits per heavy atom. The third-order valence-corrected chi connectivity index (χ3v) is 1.78. The van der Waals surface area contributed by atoms with E-state index in [0.717, 1.165) is 0 Å². The van der Waals surface area contributed by atoms with Crippen molar-refractivity contribution >= 4 is 0 Å². The molecule has 0 bridgehead atoms. The molecule has 3 heteroatoms. The first-order valence-corrected chi connectivity index (χ1v) is 4.08. The lowest BCUT2D eigenvalue weighted by Gasteiger charge is -2.03. The van der Waals surface area contributed by atoms with E-state index in [9.17, 15) is 13.2 Å². The number of benzene rings is 1. The van der Waals surface area contributed by atoms with Crippen LogP contribution in [0.3, 0.4) is 0 Å². The first-order chi connectivity index (χ1) is 6.15. The molecule has 0 nitrogen and oxygen atoms in total. The van der Waals surface area contributed by atoms with Crippen molar-refractivity contribution in [3.05, 3.63) is 42.1 Å². The van der Waals surface area contributed by atoms with Crippen molar-refractivity contribution < 1.29 is 13.2 Å². The number of hydrogen-bond donors (Lipinski definition) is 0. The monoisotopic (exact) mass is 187 g/mol. The Hall–Kier alpha value is -0.990. The Bertz CT molecular complexity index is 271. The van der Waals surface area contributed by atoms with E-state index in [-0.39, 0.29) is 12.0 Å². The molecule has 1 aromatic carbocycles. The van der Waals surface area contributed by atoms with Gasteiger partial charge in [-0.2, -0.15) is 0 Å². The summed E-state index contributed by atoms with van der Waals surface area (Å²) >= 11 is 0. The van der Waals surface area contributed by atoms with Crippen LogP contribution in [0.25, 0.3) is 0 Å². The molecular weight excluding hydrogens is 177 g/mol. The summed E-state index contributed by atoms with van der Waals surface area (Å²) < 4.78 is 38.3. The average Bonchev–Trinajstić information content (AvgIpc) is 2.02. The van der Waals surface area contributed by atoms with E-state index in [4.69, 9.17) is 0 Å². The molecule has 0 unspecified atom stereocenters. The lowest BCUT2D eigenvalue weighted by atomic mass is 10.1. The van der Waals surface area contributed by atoms with Crippen LogP contribution in [0.15, 0.2) is 12.1 Å². The summed E-state index contributed by atoms with van der Waals surface area (Å²) in [7, 11) is 0. The molecule has 1 aromatic rings. The summed E-state index contributed by atoms with van der Waals surface area (Å²) in [5.74, 6) is -2.51. The van der Waals surface area contributed by atoms with Crippen LogP contribution in [0.4, 0.5) is 13.2 Å². The van der Waals surface area contributed by atoms with Crippen LogP contribution in [0.2, 0.25) is 0 Å². The average molecular weight is 187 g/mol. The minimum atomic E-state index is -0.881. The van der Waals surface area contributed by atoms with Gasteiger partial charge in [-0.15, -0.1) is 0 Å². The molecule has 0 amide bonds. The molecule has 71 valence electrons. The van der Waals surface area contributed by atoms with Crippen molar-refractivity contribution in [1.29, 1.82) is 0 Å². The molecule has 0 aromatic heterocycles. The van der Waals surface area contributed by atoms with E-state index in [1.165, 1.54) is 0 Å². The quantitative estimate of drug-likeness (QED) is 0.681. The Morgan fingerprint density at radius 3 is 2.08 bits per heavy atom. The van der Waals surface area contributed by atoms with Gasteiger partial charge in [0.1, 0.15) is 17.5 Å². The minimum absolute atomic E-state index is 0.0509. The molecule has 0 aliphatic rings. The van der Waals surface area contributed by atoms with Gasteiger partial charge >= 0.3 is 0 Å². The summed E-state index contributed by atoms with van der Waals surface area (Å²) in [6, 6.07) is 1.39. The standard InChI is InChI=1S/C10H10F3/c1-2-3-4-8-9(12)5-7(11)6-10(8)13/h5-6H,1-4H2. The van der Waals surface area contributed by atoms with Crippen molar-refractivity contribution in [2.75, 3.05) is 0 Å². The van der Waals surface area contributed by atoms with E-state index in [1.54, 1.807) is 0 Å². The molecule has 0 atom stereocenters. The topological polar surface area (TPSA) is 0 Å². The van der Waals surface area contributed by atoms with Gasteiger partial charge in [-0.3, -0.25) is 0 Å². The van der Waals surface area contributed by atoms with E-state index in [0.29, 0.717) is 25.0 Å². The Kier molecular flexibility index (Phi) is 3.34. The minimum Gasteiger partial charge on any atom is -0.207 e. The zero-order valence-corrected chi connectivity index (χ0v) is 7.12. The number of rotatable bonds is 3. The maximum atomic E-state index is 12.9. The fourth-order valence-corrected chi connectivity index (χ4v) is 1.11. The molecule has 0 heterocycles. The van der Waals surface area contributed by atoms with Gasteiger partial charge in [-0.1, -0.05) is 13.3 Å². The zero-order chi connectivity index (χ0) is 9.84. The van der Waals surface area contributed by atoms with E-state index in [2.05, 4.69) is 6.92 Å². The second-order valence-corrected chi connectivity index (χ2v) is 2.81. The smallest absolute Gasteiger partial charge is 0.132 e. The molecule has 0 N–H and O–H groups in total. The molecule has 0 aliphatic heterocycles. The van der Waals surface area contributed by atoms with E-state index >= 15 is 0 Å². The van der Waals surface area contributed by atoms with E-state index < -0.39 is 17.5 Å². The Morgan fingerprint density at radius 2 is 1.62 bits per heavy atom. The largest absolute Gasteiger partial charge is 0.207 e. The molecule has 13 heavy (non-hydrogen) atoms. The van der Waals surface area contributed by atoms with Crippen LogP contribution < -0.4 is 0 Å². The van der Waals surface area contributed by atoms with Gasteiger partial charge in [-0.25, -0.2) is 13.2 Å². The van der Waals surface area contributed by atoms with Crippen molar-refractivity contribution in [3.63, 3.8) is 0 Å². The lowest BCUT2D eigenvalue weighted by Crippen LogP contribution is -1.97. The molecule has 0 saturated heterocycles. The van der Waals surface area contributed by atoms with Gasteiger partial charge in [0, 0.05) is 17.7 Å². The molecule has 0 fully saturated rings. The van der Waals surface area contributed by atoms with Crippen LogP contribution in [0.1, 0.15) is 18.4 Å². The summed E-state index contributed by atoms with van der Waals surface area (Å²) in [5, 5.41) is 0. The first kappa shape index (κ1) is 10.1. The van der Waals surface area contributed by atoms with Crippen molar-refractivity contribution in [1.82, 2.24) is 0 Å². The van der Waals surface area contributed by atoms with Gasteiger partial charge in [0.15, 0.2) is 0 Å². The predicted molar refractivity (Wildman–Crippen MR) is 44.6 cm³/mol. The van der Waals surface area contributed by atoms with Crippen LogP contribution in [0, 0.1) is 24.4 Å². The molecule has 0 spiro atoms. The normalized spacial score (nSPS) is 10.5. The van der Waals surface area contributed by atoms with Gasteiger partial charge in [0.2, 0.25) is 0 Å². The van der Waals surface area contributed by atoms with Crippen LogP contribution in [-0.4, -0.2) is 0 Å². The SMILES string of the molecule is [CH2]CCCc1c(F)cc(F)cc1F. The summed E-state index contributed by atoms with van der Waals surface area (Å²) in [6.07, 6.45) is 1.47. The Balaban J connectivity index is 2.92. The predicted octanol–water partition coefficient (Wildman–Crippen LogP) is 3.26. The maximum absolute atomic E-state index is 12.9. The van der Waals surface area contributed by atoms with Crippen molar-refractivity contribution in [2.45, 2.75) is 19.3 Å². The van der Waals surface area contributed by atoms with Crippen molar-refractivity contribution in [3.8, 4) is 0 Å². The molecule has 1 radical (unpaired) electrons. The highest BCUT2D eigenvalue weighted by molar-refractivity contribution is 5.20. The fraction of sp³-hybridized carbons (Fsp3) is 0.300. The first-order valence-electron chi connectivity index (χ1n) is 4.08. The third-order valence-electron chi connectivity index (χ3n) is 1.78. The summed E-state index contributed by atoms with van der Waals surface area (Å²) in [4.78, 5) is 0. The third kappa shape index (κ3) is 2.47. The molecule has 0 saturated carbocycles. The van der Waals surface area contributed by atoms with Crippen LogP contribution in [0.5, 0.6) is 0 Å². The zero-order valence-electron chi connectivity index (χ0n) is 7.12. The number of hydrogen-bond acceptors (Lipinski definition) is 0. The van der Waals surface area contributed by atoms with Gasteiger partial charge in [-0.05, 0) is 12.8 Å². The summed E-state index contributed by atoms with van der Waals surface area (Å²) in [5.41, 5.74) is -0.0509. The van der Waals surface area contributed by atoms with Gasteiger partial charge in [0.05, 0.1) is 0 Å². The maximum Gasteiger partial charge on any atom is 0.132 e. The van der Waals surface area contributed by atoms with Crippen LogP contribution >= 0.6 is 0 Å². The van der Waals surface area contributed by atoms with Gasteiger partial charge in [0.25, 0.3) is 0 Å². The molecule has 1 rings (SSSR count). The highest BCUT2D eigenvalue weighted by Gasteiger charge is 2.10. The Labute approximate surface area is 75.4 Å². The highest BCUT2D eigenvalue weighted by Crippen LogP contribution is 2.16.